The first-order chi connectivity index (χ1) is 21.9. The second kappa shape index (κ2) is 13.9. The number of hydrogen-bond acceptors (Lipinski definition) is 6. The monoisotopic (exact) mass is 695 g/mol. The topological polar surface area (TPSA) is 85.9 Å². The summed E-state index contributed by atoms with van der Waals surface area (Å²) >= 11 is 16.8. The van der Waals surface area contributed by atoms with Crippen LogP contribution < -0.4 is 20.7 Å². The van der Waals surface area contributed by atoms with Crippen molar-refractivity contribution in [3.05, 3.63) is 99.0 Å². The molecule has 8 nitrogen and oxygen atoms in total. The number of nitrogens with one attached hydrogen (secondary N) is 3. The molecule has 0 saturated carbocycles. The van der Waals surface area contributed by atoms with Gasteiger partial charge in [0, 0.05) is 41.8 Å². The molecule has 2 heterocycles. The van der Waals surface area contributed by atoms with Gasteiger partial charge in [0.25, 0.3) is 5.91 Å². The van der Waals surface area contributed by atoms with Crippen LogP contribution in [0.3, 0.4) is 0 Å². The summed E-state index contributed by atoms with van der Waals surface area (Å²) in [6.45, 7) is 2.30. The van der Waals surface area contributed by atoms with Gasteiger partial charge in [-0.25, -0.2) is 4.79 Å². The molecule has 0 aliphatic carbocycles. The van der Waals surface area contributed by atoms with Gasteiger partial charge in [-0.05, 0) is 67.3 Å². The van der Waals surface area contributed by atoms with Crippen LogP contribution in [0.4, 0.5) is 18.0 Å². The van der Waals surface area contributed by atoms with Gasteiger partial charge in [0.2, 0.25) is 0 Å². The SMILES string of the molecule is CCOc1cc(C(F)(F)F)ccc1C1(C(=O)N2CCC(N(S)C(=O)NC)CC2)NC(c2ccc(Cl)cc2)C(c2ccc(Cl)cc2)N1. The summed E-state index contributed by atoms with van der Waals surface area (Å²) in [4.78, 5) is 28.7. The molecule has 3 aromatic carbocycles. The number of thiol groups is 1. The highest BCUT2D eigenvalue weighted by Crippen LogP contribution is 2.46. The number of rotatable bonds is 7. The van der Waals surface area contributed by atoms with Gasteiger partial charge in [0.05, 0.1) is 24.3 Å². The van der Waals surface area contributed by atoms with Crippen LogP contribution in [0.2, 0.25) is 10.0 Å². The maximum Gasteiger partial charge on any atom is 0.416 e. The normalized spacial score (nSPS) is 22.0. The van der Waals surface area contributed by atoms with Crippen LogP contribution in [-0.4, -0.2) is 53.9 Å². The van der Waals surface area contributed by atoms with Gasteiger partial charge in [-0.15, -0.1) is 0 Å². The molecular formula is C32H34Cl2F3N5O3S. The number of benzene rings is 3. The van der Waals surface area contributed by atoms with E-state index < -0.39 is 35.4 Å². The van der Waals surface area contributed by atoms with E-state index >= 15 is 0 Å². The Morgan fingerprint density at radius 2 is 1.50 bits per heavy atom. The van der Waals surface area contributed by atoms with Crippen LogP contribution in [0.25, 0.3) is 0 Å². The van der Waals surface area contributed by atoms with E-state index in [2.05, 4.69) is 28.8 Å². The van der Waals surface area contributed by atoms with Crippen LogP contribution in [-0.2, 0) is 16.6 Å². The fourth-order valence-electron chi connectivity index (χ4n) is 6.08. The summed E-state index contributed by atoms with van der Waals surface area (Å²) in [6, 6.07) is 15.9. The third-order valence-corrected chi connectivity index (χ3v) is 9.40. The van der Waals surface area contributed by atoms with Crippen molar-refractivity contribution in [2.45, 2.75) is 49.7 Å². The summed E-state index contributed by atoms with van der Waals surface area (Å²) in [5.41, 5.74) is -0.797. The Kier molecular flexibility index (Phi) is 10.3. The summed E-state index contributed by atoms with van der Waals surface area (Å²) < 4.78 is 48.7. The van der Waals surface area contributed by atoms with Crippen LogP contribution in [0.1, 0.15) is 54.1 Å². The number of amides is 3. The second-order valence-corrected chi connectivity index (χ2v) is 12.5. The zero-order valence-corrected chi connectivity index (χ0v) is 27.5. The average Bonchev–Trinajstić information content (AvgIpc) is 3.46. The minimum absolute atomic E-state index is 0.0719. The number of nitrogens with zero attached hydrogens (tertiary/aromatic N) is 2. The zero-order valence-electron chi connectivity index (χ0n) is 25.1. The van der Waals surface area contributed by atoms with Crippen molar-refractivity contribution in [1.82, 2.24) is 25.2 Å². The number of carbonyl (C=O) groups is 2. The molecule has 2 aliphatic rings. The molecule has 14 heteroatoms. The van der Waals surface area contributed by atoms with Crippen LogP contribution >= 0.6 is 36.0 Å². The van der Waals surface area contributed by atoms with Gasteiger partial charge in [-0.3, -0.25) is 19.7 Å². The van der Waals surface area contributed by atoms with E-state index in [9.17, 15) is 22.8 Å². The number of ether oxygens (including phenoxy) is 1. The van der Waals surface area contributed by atoms with Gasteiger partial charge < -0.3 is 15.0 Å². The molecule has 3 amide bonds. The summed E-state index contributed by atoms with van der Waals surface area (Å²) in [6.07, 6.45) is -3.72. The van der Waals surface area contributed by atoms with E-state index in [1.165, 1.54) is 17.4 Å². The quantitative estimate of drug-likeness (QED) is 0.207. The molecule has 0 radical (unpaired) electrons. The highest BCUT2D eigenvalue weighted by Gasteiger charge is 2.55. The van der Waals surface area contributed by atoms with Crippen molar-refractivity contribution >= 4 is 48.0 Å². The van der Waals surface area contributed by atoms with Gasteiger partial charge in [0.1, 0.15) is 5.75 Å². The predicted octanol–water partition coefficient (Wildman–Crippen LogP) is 6.72. The smallest absolute Gasteiger partial charge is 0.416 e. The lowest BCUT2D eigenvalue weighted by molar-refractivity contribution is -0.141. The van der Waals surface area contributed by atoms with E-state index in [4.69, 9.17) is 27.9 Å². The van der Waals surface area contributed by atoms with E-state index in [0.717, 1.165) is 23.3 Å². The molecule has 0 aromatic heterocycles. The molecule has 5 rings (SSSR count). The van der Waals surface area contributed by atoms with Gasteiger partial charge in [0.15, 0.2) is 5.66 Å². The lowest BCUT2D eigenvalue weighted by Crippen LogP contribution is -2.61. The molecule has 2 saturated heterocycles. The van der Waals surface area contributed by atoms with Gasteiger partial charge in [-0.1, -0.05) is 66.3 Å². The first-order valence-electron chi connectivity index (χ1n) is 14.8. The molecular weight excluding hydrogens is 662 g/mol. The number of alkyl halides is 3. The Morgan fingerprint density at radius 3 is 1.96 bits per heavy atom. The first-order valence-corrected chi connectivity index (χ1v) is 15.9. The van der Waals surface area contributed by atoms with Crippen LogP contribution in [0.5, 0.6) is 5.75 Å². The Hall–Kier alpha value is -3.16. The summed E-state index contributed by atoms with van der Waals surface area (Å²) in [7, 11) is 1.51. The van der Waals surface area contributed by atoms with Crippen molar-refractivity contribution in [1.29, 1.82) is 0 Å². The number of halogens is 5. The van der Waals surface area contributed by atoms with Crippen molar-refractivity contribution in [3.63, 3.8) is 0 Å². The number of hydrogen-bond donors (Lipinski definition) is 4. The third kappa shape index (κ3) is 6.91. The molecule has 46 heavy (non-hydrogen) atoms. The Bertz CT molecular complexity index is 1500. The zero-order chi connectivity index (χ0) is 33.2. The van der Waals surface area contributed by atoms with Crippen LogP contribution in [0.15, 0.2) is 66.7 Å². The Morgan fingerprint density at radius 1 is 0.978 bits per heavy atom. The number of likely N-dealkylation sites (tertiary alicyclic amines) is 1. The molecule has 0 spiro atoms. The predicted molar refractivity (Wildman–Crippen MR) is 174 cm³/mol. The highest BCUT2D eigenvalue weighted by molar-refractivity contribution is 7.78. The molecule has 2 fully saturated rings. The van der Waals surface area contributed by atoms with E-state index in [1.54, 1.807) is 36.1 Å². The largest absolute Gasteiger partial charge is 0.493 e. The number of carbonyl (C=O) groups excluding carboxylic acids is 2. The van der Waals surface area contributed by atoms with Crippen molar-refractivity contribution in [2.24, 2.45) is 0 Å². The van der Waals surface area contributed by atoms with E-state index in [-0.39, 0.29) is 43.1 Å². The minimum Gasteiger partial charge on any atom is -0.493 e. The minimum atomic E-state index is -4.62. The highest BCUT2D eigenvalue weighted by atomic mass is 35.5. The summed E-state index contributed by atoms with van der Waals surface area (Å²) in [5.74, 6) is -0.471. The van der Waals surface area contributed by atoms with E-state index in [0.29, 0.717) is 22.9 Å². The lowest BCUT2D eigenvalue weighted by atomic mass is 9.93. The molecule has 2 atom stereocenters. The summed E-state index contributed by atoms with van der Waals surface area (Å²) in [5, 5.41) is 10.6. The number of piperidine rings is 1. The third-order valence-electron chi connectivity index (χ3n) is 8.39. The first kappa shape index (κ1) is 34.2. The lowest BCUT2D eigenvalue weighted by Gasteiger charge is -2.41. The van der Waals surface area contributed by atoms with E-state index in [1.807, 2.05) is 24.3 Å². The fraction of sp³-hybridized carbons (Fsp3) is 0.375. The molecule has 3 N–H and O–H groups in total. The van der Waals surface area contributed by atoms with Crippen molar-refractivity contribution in [2.75, 3.05) is 26.7 Å². The standard InChI is InChI=1S/C32H34Cl2F3N5O3S/c1-3-45-26-18-21(32(35,36)37)8-13-25(26)31(29(43)41-16-14-24(15-17-41)42(46)30(44)38-2)39-27(19-4-9-22(33)10-5-19)28(40-31)20-6-11-23(34)12-7-20/h4-13,18,24,27-28,39-40,46H,3,14-17H2,1-2H3,(H,38,44). The average molecular weight is 697 g/mol. The molecule has 3 aromatic rings. The molecule has 2 aliphatic heterocycles. The molecule has 2 unspecified atom stereocenters. The fourth-order valence-corrected chi connectivity index (χ4v) is 6.66. The number of urea groups is 1. The Balaban J connectivity index is 1.62. The van der Waals surface area contributed by atoms with Gasteiger partial charge >= 0.3 is 12.2 Å². The van der Waals surface area contributed by atoms with Crippen molar-refractivity contribution in [3.8, 4) is 5.75 Å². The van der Waals surface area contributed by atoms with Gasteiger partial charge in [-0.2, -0.15) is 13.2 Å². The van der Waals surface area contributed by atoms with Crippen molar-refractivity contribution < 1.29 is 27.5 Å². The molecule has 0 bridgehead atoms. The second-order valence-electron chi connectivity index (χ2n) is 11.2. The van der Waals surface area contributed by atoms with Crippen LogP contribution in [0, 0.1) is 0 Å². The molecule has 246 valence electrons. The maximum atomic E-state index is 14.9. The Labute approximate surface area is 281 Å². The maximum absolute atomic E-state index is 14.9.